The third-order valence-electron chi connectivity index (χ3n) is 6.74. The third kappa shape index (κ3) is 4.15. The summed E-state index contributed by atoms with van der Waals surface area (Å²) in [4.78, 5) is 30.3. The average Bonchev–Trinajstić information content (AvgIpc) is 3.34. The van der Waals surface area contributed by atoms with Crippen molar-refractivity contribution in [2.75, 3.05) is 38.2 Å². The molecule has 31 heavy (non-hydrogen) atoms. The minimum absolute atomic E-state index is 0.0779. The lowest BCUT2D eigenvalue weighted by Gasteiger charge is -2.33. The molecule has 2 amide bonds. The van der Waals surface area contributed by atoms with Gasteiger partial charge in [-0.25, -0.2) is 0 Å². The van der Waals surface area contributed by atoms with E-state index in [9.17, 15) is 9.59 Å². The fourth-order valence-electron chi connectivity index (χ4n) is 5.05. The summed E-state index contributed by atoms with van der Waals surface area (Å²) >= 11 is 0. The van der Waals surface area contributed by atoms with Gasteiger partial charge >= 0.3 is 0 Å². The van der Waals surface area contributed by atoms with E-state index in [0.29, 0.717) is 37.8 Å². The van der Waals surface area contributed by atoms with Crippen molar-refractivity contribution in [1.29, 1.82) is 0 Å². The lowest BCUT2D eigenvalue weighted by atomic mass is 10.0. The van der Waals surface area contributed by atoms with Crippen molar-refractivity contribution in [2.24, 2.45) is 0 Å². The molecule has 2 aromatic rings. The standard InChI is InChI=1S/C24H34N4O3/c1-4-27-20-11-10-18(31-3)16-19(20)22(28-14-7-9-21(28)29)23(27)24(30)25-12-15-26-13-6-5-8-17(26)2/h10-11,16-17H,4-9,12-15H2,1-3H3,(H,25,30). The molecule has 4 rings (SSSR count). The van der Waals surface area contributed by atoms with Crippen LogP contribution in [0.15, 0.2) is 18.2 Å². The Balaban J connectivity index is 1.66. The highest BCUT2D eigenvalue weighted by atomic mass is 16.5. The Labute approximate surface area is 184 Å². The molecule has 2 aliphatic heterocycles. The second-order valence-electron chi connectivity index (χ2n) is 8.61. The van der Waals surface area contributed by atoms with E-state index >= 15 is 0 Å². The predicted octanol–water partition coefficient (Wildman–Crippen LogP) is 3.40. The van der Waals surface area contributed by atoms with Gasteiger partial charge < -0.3 is 19.5 Å². The highest BCUT2D eigenvalue weighted by molar-refractivity contribution is 6.14. The SMILES string of the molecule is CCn1c(C(=O)NCCN2CCCCC2C)c(N2CCCC2=O)c2cc(OC)ccc21. The molecule has 2 aliphatic rings. The predicted molar refractivity (Wildman–Crippen MR) is 123 cm³/mol. The van der Waals surface area contributed by atoms with Crippen LogP contribution in [0, 0.1) is 0 Å². The zero-order valence-electron chi connectivity index (χ0n) is 18.9. The monoisotopic (exact) mass is 426 g/mol. The molecule has 1 aromatic heterocycles. The number of rotatable bonds is 7. The van der Waals surface area contributed by atoms with E-state index in [1.807, 2.05) is 29.7 Å². The van der Waals surface area contributed by atoms with Gasteiger partial charge in [0.25, 0.3) is 5.91 Å². The number of carbonyl (C=O) groups excluding carboxylic acids is 2. The number of hydrogen-bond donors (Lipinski definition) is 1. The fourth-order valence-corrected chi connectivity index (χ4v) is 5.05. The molecule has 2 saturated heterocycles. The van der Waals surface area contributed by atoms with Crippen LogP contribution in [0.3, 0.4) is 0 Å². The summed E-state index contributed by atoms with van der Waals surface area (Å²) in [6.45, 7) is 8.14. The van der Waals surface area contributed by atoms with Crippen LogP contribution >= 0.6 is 0 Å². The van der Waals surface area contributed by atoms with Crippen LogP contribution < -0.4 is 15.0 Å². The summed E-state index contributed by atoms with van der Waals surface area (Å²) in [5.74, 6) is 0.685. The Morgan fingerprint density at radius 2 is 2.06 bits per heavy atom. The number of ether oxygens (including phenoxy) is 1. The molecule has 0 saturated carbocycles. The molecule has 1 N–H and O–H groups in total. The molecule has 7 nitrogen and oxygen atoms in total. The second-order valence-corrected chi connectivity index (χ2v) is 8.61. The zero-order chi connectivity index (χ0) is 22.0. The highest BCUT2D eigenvalue weighted by Gasteiger charge is 2.32. The number of aryl methyl sites for hydroxylation is 1. The van der Waals surface area contributed by atoms with Crippen LogP contribution in [0.25, 0.3) is 10.9 Å². The maximum atomic E-state index is 13.4. The number of fused-ring (bicyclic) bond motifs is 1. The van der Waals surface area contributed by atoms with Crippen molar-refractivity contribution in [3.8, 4) is 5.75 Å². The summed E-state index contributed by atoms with van der Waals surface area (Å²) < 4.78 is 7.46. The fraction of sp³-hybridized carbons (Fsp3) is 0.583. The molecule has 1 aromatic carbocycles. The van der Waals surface area contributed by atoms with Gasteiger partial charge in [-0.05, 0) is 57.9 Å². The number of aromatic nitrogens is 1. The number of methoxy groups -OCH3 is 1. The van der Waals surface area contributed by atoms with E-state index in [2.05, 4.69) is 17.1 Å². The Morgan fingerprint density at radius 1 is 1.23 bits per heavy atom. The van der Waals surface area contributed by atoms with Crippen molar-refractivity contribution in [1.82, 2.24) is 14.8 Å². The molecule has 3 heterocycles. The van der Waals surface area contributed by atoms with Crippen molar-refractivity contribution in [3.63, 3.8) is 0 Å². The third-order valence-corrected chi connectivity index (χ3v) is 6.74. The van der Waals surface area contributed by atoms with E-state index in [0.717, 1.165) is 41.9 Å². The van der Waals surface area contributed by atoms with Gasteiger partial charge in [0.1, 0.15) is 11.4 Å². The van der Waals surface area contributed by atoms with E-state index < -0.39 is 0 Å². The lowest BCUT2D eigenvalue weighted by molar-refractivity contribution is -0.117. The minimum atomic E-state index is -0.114. The second kappa shape index (κ2) is 9.30. The van der Waals surface area contributed by atoms with Gasteiger partial charge in [0.2, 0.25) is 5.91 Å². The number of nitrogens with zero attached hydrogens (tertiary/aromatic N) is 3. The normalized spacial score (nSPS) is 19.9. The van der Waals surface area contributed by atoms with Crippen molar-refractivity contribution < 1.29 is 14.3 Å². The first-order valence-electron chi connectivity index (χ1n) is 11.6. The first-order chi connectivity index (χ1) is 15.0. The Bertz CT molecular complexity index is 967. The average molecular weight is 427 g/mol. The van der Waals surface area contributed by atoms with Gasteiger partial charge in [-0.2, -0.15) is 0 Å². The molecular formula is C24H34N4O3. The summed E-state index contributed by atoms with van der Waals surface area (Å²) in [6, 6.07) is 6.39. The number of piperidine rings is 1. The maximum absolute atomic E-state index is 13.4. The molecule has 0 bridgehead atoms. The van der Waals surface area contributed by atoms with E-state index in [1.165, 1.54) is 19.3 Å². The number of nitrogens with one attached hydrogen (secondary N) is 1. The number of benzene rings is 1. The number of carbonyl (C=O) groups is 2. The van der Waals surface area contributed by atoms with Gasteiger partial charge in [-0.3, -0.25) is 14.5 Å². The summed E-state index contributed by atoms with van der Waals surface area (Å²) in [5.41, 5.74) is 2.25. The zero-order valence-corrected chi connectivity index (χ0v) is 18.9. The van der Waals surface area contributed by atoms with Crippen LogP contribution in [0.4, 0.5) is 5.69 Å². The van der Waals surface area contributed by atoms with Gasteiger partial charge in [-0.15, -0.1) is 0 Å². The quantitative estimate of drug-likeness (QED) is 0.737. The van der Waals surface area contributed by atoms with Crippen LogP contribution in [0.5, 0.6) is 5.75 Å². The molecule has 0 spiro atoms. The van der Waals surface area contributed by atoms with Gasteiger partial charge in [0.05, 0.1) is 18.3 Å². The molecule has 2 fully saturated rings. The largest absolute Gasteiger partial charge is 0.497 e. The Kier molecular flexibility index (Phi) is 6.51. The van der Waals surface area contributed by atoms with Crippen LogP contribution in [0.1, 0.15) is 56.4 Å². The van der Waals surface area contributed by atoms with Gasteiger partial charge in [0, 0.05) is 44.0 Å². The summed E-state index contributed by atoms with van der Waals surface area (Å²) in [5, 5.41) is 4.03. The van der Waals surface area contributed by atoms with E-state index in [1.54, 1.807) is 12.0 Å². The molecule has 0 radical (unpaired) electrons. The molecule has 1 unspecified atom stereocenters. The minimum Gasteiger partial charge on any atom is -0.497 e. The maximum Gasteiger partial charge on any atom is 0.270 e. The topological polar surface area (TPSA) is 66.8 Å². The summed E-state index contributed by atoms with van der Waals surface area (Å²) in [7, 11) is 1.63. The number of likely N-dealkylation sites (tertiary alicyclic amines) is 1. The molecule has 168 valence electrons. The summed E-state index contributed by atoms with van der Waals surface area (Å²) in [6.07, 6.45) is 5.08. The number of amides is 2. The highest BCUT2D eigenvalue weighted by Crippen LogP contribution is 2.38. The van der Waals surface area contributed by atoms with Crippen LogP contribution in [-0.2, 0) is 11.3 Å². The van der Waals surface area contributed by atoms with Crippen LogP contribution in [-0.4, -0.2) is 60.6 Å². The van der Waals surface area contributed by atoms with E-state index in [-0.39, 0.29) is 11.8 Å². The Hall–Kier alpha value is -2.54. The lowest BCUT2D eigenvalue weighted by Crippen LogP contribution is -2.42. The van der Waals surface area contributed by atoms with Crippen molar-refractivity contribution in [2.45, 2.75) is 58.5 Å². The number of hydrogen-bond acceptors (Lipinski definition) is 4. The van der Waals surface area contributed by atoms with Crippen molar-refractivity contribution >= 4 is 28.4 Å². The molecule has 1 atom stereocenters. The molecular weight excluding hydrogens is 392 g/mol. The molecule has 0 aliphatic carbocycles. The Morgan fingerprint density at radius 3 is 2.74 bits per heavy atom. The first kappa shape index (κ1) is 21.7. The van der Waals surface area contributed by atoms with Crippen molar-refractivity contribution in [3.05, 3.63) is 23.9 Å². The number of anilines is 1. The smallest absolute Gasteiger partial charge is 0.270 e. The van der Waals surface area contributed by atoms with Crippen LogP contribution in [0.2, 0.25) is 0 Å². The van der Waals surface area contributed by atoms with Gasteiger partial charge in [-0.1, -0.05) is 6.42 Å². The molecule has 7 heteroatoms. The first-order valence-corrected chi connectivity index (χ1v) is 11.6. The van der Waals surface area contributed by atoms with E-state index in [4.69, 9.17) is 4.74 Å². The van der Waals surface area contributed by atoms with Gasteiger partial charge in [0.15, 0.2) is 0 Å².